The van der Waals surface area contributed by atoms with Gasteiger partial charge >= 0.3 is 0 Å². The molecule has 4 heteroatoms. The molecule has 0 aliphatic heterocycles. The van der Waals surface area contributed by atoms with Gasteiger partial charge in [-0.3, -0.25) is 4.98 Å². The van der Waals surface area contributed by atoms with Gasteiger partial charge < -0.3 is 10.2 Å². The molecule has 1 N–H and O–H groups in total. The number of pyridine rings is 1. The summed E-state index contributed by atoms with van der Waals surface area (Å²) in [5, 5.41) is 3.34. The summed E-state index contributed by atoms with van der Waals surface area (Å²) in [5.74, 6) is -0.186. The molecule has 1 atom stereocenters. The van der Waals surface area contributed by atoms with E-state index in [4.69, 9.17) is 0 Å². The predicted molar refractivity (Wildman–Crippen MR) is 84.8 cm³/mol. The Hall–Kier alpha value is -1.94. The molecule has 0 bridgehead atoms. The van der Waals surface area contributed by atoms with Crippen LogP contribution in [-0.2, 0) is 6.54 Å². The lowest BCUT2D eigenvalue weighted by atomic mass is 10.0. The van der Waals surface area contributed by atoms with Crippen molar-refractivity contribution < 1.29 is 4.39 Å². The van der Waals surface area contributed by atoms with Gasteiger partial charge in [-0.15, -0.1) is 0 Å². The van der Waals surface area contributed by atoms with Crippen LogP contribution in [0.5, 0.6) is 0 Å². The number of halogens is 1. The molecular weight excluding hydrogens is 265 g/mol. The summed E-state index contributed by atoms with van der Waals surface area (Å²) >= 11 is 0. The van der Waals surface area contributed by atoms with E-state index in [-0.39, 0.29) is 11.9 Å². The maximum Gasteiger partial charge on any atom is 0.146 e. The second kappa shape index (κ2) is 7.18. The molecule has 0 fully saturated rings. The molecule has 0 saturated heterocycles. The van der Waals surface area contributed by atoms with E-state index in [9.17, 15) is 4.39 Å². The van der Waals surface area contributed by atoms with Crippen molar-refractivity contribution in [3.63, 3.8) is 0 Å². The predicted octanol–water partition coefficient (Wildman–Crippen LogP) is 3.53. The van der Waals surface area contributed by atoms with Crippen LogP contribution in [0.3, 0.4) is 0 Å². The van der Waals surface area contributed by atoms with Crippen LogP contribution in [-0.4, -0.2) is 18.6 Å². The van der Waals surface area contributed by atoms with Crippen molar-refractivity contribution in [1.29, 1.82) is 0 Å². The lowest BCUT2D eigenvalue weighted by molar-refractivity contribution is 0.579. The summed E-state index contributed by atoms with van der Waals surface area (Å²) in [6.07, 6.45) is 3.51. The first-order valence-electron chi connectivity index (χ1n) is 7.25. The first-order chi connectivity index (χ1) is 10.1. The van der Waals surface area contributed by atoms with E-state index in [1.165, 1.54) is 6.07 Å². The van der Waals surface area contributed by atoms with E-state index in [1.807, 2.05) is 30.1 Å². The largest absolute Gasteiger partial charge is 0.368 e. The lowest BCUT2D eigenvalue weighted by Gasteiger charge is -2.26. The zero-order valence-electron chi connectivity index (χ0n) is 12.8. The topological polar surface area (TPSA) is 28.2 Å². The van der Waals surface area contributed by atoms with Crippen molar-refractivity contribution in [3.05, 3.63) is 59.7 Å². The number of para-hydroxylation sites is 1. The average molecular weight is 287 g/mol. The minimum Gasteiger partial charge on any atom is -0.368 e. The van der Waals surface area contributed by atoms with E-state index in [0.29, 0.717) is 12.2 Å². The molecule has 112 valence electrons. The summed E-state index contributed by atoms with van der Waals surface area (Å²) in [6.45, 7) is 5.61. The molecule has 0 aliphatic rings. The third-order valence-corrected chi connectivity index (χ3v) is 3.55. The number of anilines is 1. The van der Waals surface area contributed by atoms with Crippen molar-refractivity contribution in [1.82, 2.24) is 10.3 Å². The number of aromatic nitrogens is 1. The van der Waals surface area contributed by atoms with E-state index in [0.717, 1.165) is 17.7 Å². The number of rotatable bonds is 6. The van der Waals surface area contributed by atoms with Crippen LogP contribution in [0, 0.1) is 5.82 Å². The number of hydrogen-bond donors (Lipinski definition) is 1. The SMILES string of the molecule is CCNC(C)c1cccc(F)c1N(C)Cc1ccncc1. The molecule has 2 aromatic rings. The van der Waals surface area contributed by atoms with Crippen molar-refractivity contribution >= 4 is 5.69 Å². The van der Waals surface area contributed by atoms with Gasteiger partial charge in [0, 0.05) is 32.0 Å². The monoisotopic (exact) mass is 287 g/mol. The molecule has 1 aromatic carbocycles. The highest BCUT2D eigenvalue weighted by molar-refractivity contribution is 5.56. The van der Waals surface area contributed by atoms with Crippen molar-refractivity contribution in [2.75, 3.05) is 18.5 Å². The highest BCUT2D eigenvalue weighted by atomic mass is 19.1. The lowest BCUT2D eigenvalue weighted by Crippen LogP contribution is -2.24. The molecular formula is C17H22FN3. The van der Waals surface area contributed by atoms with Gasteiger partial charge in [-0.05, 0) is 42.8 Å². The molecule has 0 radical (unpaired) electrons. The molecule has 0 aliphatic carbocycles. The minimum atomic E-state index is -0.186. The fourth-order valence-corrected chi connectivity index (χ4v) is 2.54. The Balaban J connectivity index is 2.29. The maximum atomic E-state index is 14.3. The van der Waals surface area contributed by atoms with Crippen LogP contribution in [0.25, 0.3) is 0 Å². The number of nitrogens with zero attached hydrogens (tertiary/aromatic N) is 2. The van der Waals surface area contributed by atoms with Crippen LogP contribution in [0.2, 0.25) is 0 Å². The summed E-state index contributed by atoms with van der Waals surface area (Å²) in [6, 6.07) is 9.27. The standard InChI is InChI=1S/C17H22FN3/c1-4-20-13(2)15-6-5-7-16(18)17(15)21(3)12-14-8-10-19-11-9-14/h5-11,13,20H,4,12H2,1-3H3. The molecule has 0 saturated carbocycles. The van der Waals surface area contributed by atoms with E-state index >= 15 is 0 Å². The van der Waals surface area contributed by atoms with E-state index < -0.39 is 0 Å². The summed E-state index contributed by atoms with van der Waals surface area (Å²) in [4.78, 5) is 5.96. The van der Waals surface area contributed by atoms with Crippen LogP contribution in [0.15, 0.2) is 42.7 Å². The number of benzene rings is 1. The fraction of sp³-hybridized carbons (Fsp3) is 0.353. The maximum absolute atomic E-state index is 14.3. The van der Waals surface area contributed by atoms with Gasteiger partial charge in [0.1, 0.15) is 5.82 Å². The van der Waals surface area contributed by atoms with Gasteiger partial charge in [0.05, 0.1) is 5.69 Å². The van der Waals surface area contributed by atoms with E-state index in [2.05, 4.69) is 24.1 Å². The summed E-state index contributed by atoms with van der Waals surface area (Å²) < 4.78 is 14.3. The molecule has 0 spiro atoms. The molecule has 0 amide bonds. The average Bonchev–Trinajstić information content (AvgIpc) is 2.48. The third kappa shape index (κ3) is 3.79. The van der Waals surface area contributed by atoms with Gasteiger partial charge in [0.15, 0.2) is 0 Å². The summed E-state index contributed by atoms with van der Waals surface area (Å²) in [7, 11) is 1.92. The van der Waals surface area contributed by atoms with Gasteiger partial charge in [-0.2, -0.15) is 0 Å². The van der Waals surface area contributed by atoms with Gasteiger partial charge in [-0.25, -0.2) is 4.39 Å². The highest BCUT2D eigenvalue weighted by Gasteiger charge is 2.17. The zero-order valence-corrected chi connectivity index (χ0v) is 12.8. The Labute approximate surface area is 125 Å². The van der Waals surface area contributed by atoms with Crippen LogP contribution in [0.1, 0.15) is 31.0 Å². The number of hydrogen-bond acceptors (Lipinski definition) is 3. The molecule has 1 heterocycles. The Bertz CT molecular complexity index is 572. The van der Waals surface area contributed by atoms with Crippen molar-refractivity contribution in [2.24, 2.45) is 0 Å². The summed E-state index contributed by atoms with van der Waals surface area (Å²) in [5.41, 5.74) is 2.74. The Morgan fingerprint density at radius 3 is 2.62 bits per heavy atom. The minimum absolute atomic E-state index is 0.112. The van der Waals surface area contributed by atoms with Crippen molar-refractivity contribution in [2.45, 2.75) is 26.4 Å². The van der Waals surface area contributed by atoms with Crippen molar-refractivity contribution in [3.8, 4) is 0 Å². The van der Waals surface area contributed by atoms with Crippen LogP contribution >= 0.6 is 0 Å². The van der Waals surface area contributed by atoms with E-state index in [1.54, 1.807) is 18.5 Å². The van der Waals surface area contributed by atoms with Gasteiger partial charge in [0.2, 0.25) is 0 Å². The smallest absolute Gasteiger partial charge is 0.146 e. The van der Waals surface area contributed by atoms with Crippen LogP contribution in [0.4, 0.5) is 10.1 Å². The zero-order chi connectivity index (χ0) is 15.2. The number of nitrogens with one attached hydrogen (secondary N) is 1. The Kier molecular flexibility index (Phi) is 5.28. The molecule has 1 aromatic heterocycles. The second-order valence-corrected chi connectivity index (χ2v) is 5.17. The Morgan fingerprint density at radius 1 is 1.24 bits per heavy atom. The molecule has 3 nitrogen and oxygen atoms in total. The van der Waals surface area contributed by atoms with Gasteiger partial charge in [0.25, 0.3) is 0 Å². The molecule has 2 rings (SSSR count). The molecule has 21 heavy (non-hydrogen) atoms. The second-order valence-electron chi connectivity index (χ2n) is 5.17. The normalized spacial score (nSPS) is 12.2. The third-order valence-electron chi connectivity index (χ3n) is 3.55. The molecule has 1 unspecified atom stereocenters. The Morgan fingerprint density at radius 2 is 1.95 bits per heavy atom. The van der Waals surface area contributed by atoms with Crippen LogP contribution < -0.4 is 10.2 Å². The first-order valence-corrected chi connectivity index (χ1v) is 7.25. The highest BCUT2D eigenvalue weighted by Crippen LogP contribution is 2.29. The quantitative estimate of drug-likeness (QED) is 0.881. The van der Waals surface area contributed by atoms with Gasteiger partial charge in [-0.1, -0.05) is 19.1 Å². The first kappa shape index (κ1) is 15.4. The fourth-order valence-electron chi connectivity index (χ4n) is 2.54.